The third-order valence-electron chi connectivity index (χ3n) is 4.74. The average Bonchev–Trinajstić information content (AvgIpc) is 2.96. The highest BCUT2D eigenvalue weighted by Gasteiger charge is 2.28. The van der Waals surface area contributed by atoms with Crippen LogP contribution < -0.4 is 15.2 Å². The highest BCUT2D eigenvalue weighted by molar-refractivity contribution is 7.90. The number of pyridine rings is 1. The lowest BCUT2D eigenvalue weighted by atomic mass is 10.1. The summed E-state index contributed by atoms with van der Waals surface area (Å²) in [5.41, 5.74) is -0.850. The second-order valence-corrected chi connectivity index (χ2v) is 9.29. The second-order valence-electron chi connectivity index (χ2n) is 7.10. The predicted molar refractivity (Wildman–Crippen MR) is 112 cm³/mol. The molecular formula is C20H22F3N3O5S. The molecule has 0 radical (unpaired) electrons. The maximum atomic E-state index is 13.8. The molecule has 2 heterocycles. The van der Waals surface area contributed by atoms with E-state index in [0.29, 0.717) is 28.2 Å². The Bertz CT molecular complexity index is 1290. The number of hydrogen-bond acceptors (Lipinski definition) is 6. The van der Waals surface area contributed by atoms with Gasteiger partial charge in [-0.15, -0.1) is 0 Å². The predicted octanol–water partition coefficient (Wildman–Crippen LogP) is 2.64. The SMILES string of the molecule is CCOc1cc([C@@H](CS(C)(=O)=O)n2c(=O)n(CC(F)F)c3cc(F)cnc32)ccc1OC. The number of methoxy groups -OCH3 is 1. The molecule has 0 aliphatic rings. The highest BCUT2D eigenvalue weighted by Crippen LogP contribution is 2.33. The van der Waals surface area contributed by atoms with Gasteiger partial charge in [0.1, 0.15) is 15.7 Å². The number of sulfone groups is 1. The Morgan fingerprint density at radius 3 is 2.50 bits per heavy atom. The molecule has 3 rings (SSSR count). The number of halogens is 3. The van der Waals surface area contributed by atoms with Crippen molar-refractivity contribution in [1.82, 2.24) is 14.1 Å². The van der Waals surface area contributed by atoms with Crippen LogP contribution >= 0.6 is 0 Å². The van der Waals surface area contributed by atoms with Crippen molar-refractivity contribution in [3.63, 3.8) is 0 Å². The summed E-state index contributed by atoms with van der Waals surface area (Å²) in [4.78, 5) is 17.1. The first-order valence-electron chi connectivity index (χ1n) is 9.58. The number of rotatable bonds is 9. The van der Waals surface area contributed by atoms with Gasteiger partial charge < -0.3 is 9.47 Å². The molecule has 8 nitrogen and oxygen atoms in total. The molecule has 3 aromatic rings. The molecule has 2 aromatic heterocycles. The first-order chi connectivity index (χ1) is 15.1. The van der Waals surface area contributed by atoms with E-state index in [1.165, 1.54) is 13.2 Å². The Kier molecular flexibility index (Phi) is 6.82. The normalized spacial score (nSPS) is 13.0. The number of ether oxygens (including phenoxy) is 2. The Morgan fingerprint density at radius 1 is 1.19 bits per heavy atom. The summed E-state index contributed by atoms with van der Waals surface area (Å²) in [6, 6.07) is 4.39. The van der Waals surface area contributed by atoms with Crippen LogP contribution in [-0.2, 0) is 16.4 Å². The fraction of sp³-hybridized carbons (Fsp3) is 0.400. The van der Waals surface area contributed by atoms with Crippen molar-refractivity contribution in [2.75, 3.05) is 25.7 Å². The lowest BCUT2D eigenvalue weighted by Gasteiger charge is -2.20. The Labute approximate surface area is 182 Å². The van der Waals surface area contributed by atoms with E-state index >= 15 is 0 Å². The van der Waals surface area contributed by atoms with Crippen molar-refractivity contribution in [1.29, 1.82) is 0 Å². The minimum atomic E-state index is -3.66. The van der Waals surface area contributed by atoms with E-state index in [0.717, 1.165) is 23.1 Å². The van der Waals surface area contributed by atoms with Crippen LogP contribution in [0.1, 0.15) is 18.5 Å². The van der Waals surface area contributed by atoms with E-state index in [9.17, 15) is 26.4 Å². The first kappa shape index (κ1) is 23.6. The smallest absolute Gasteiger partial charge is 0.331 e. The Hall–Kier alpha value is -3.02. The number of alkyl halides is 2. The zero-order valence-corrected chi connectivity index (χ0v) is 18.4. The molecule has 0 fully saturated rings. The fourth-order valence-corrected chi connectivity index (χ4v) is 4.42. The quantitative estimate of drug-likeness (QED) is 0.475. The third-order valence-corrected chi connectivity index (χ3v) is 5.66. The van der Waals surface area contributed by atoms with Crippen LogP contribution in [0.2, 0.25) is 0 Å². The van der Waals surface area contributed by atoms with Gasteiger partial charge >= 0.3 is 5.69 Å². The van der Waals surface area contributed by atoms with Gasteiger partial charge in [0.25, 0.3) is 6.43 Å². The molecule has 0 unspecified atom stereocenters. The first-order valence-corrected chi connectivity index (χ1v) is 11.6. The summed E-state index contributed by atoms with van der Waals surface area (Å²) in [6.45, 7) is 1.05. The van der Waals surface area contributed by atoms with Crippen LogP contribution in [0.4, 0.5) is 13.2 Å². The van der Waals surface area contributed by atoms with Crippen molar-refractivity contribution in [2.24, 2.45) is 0 Å². The maximum absolute atomic E-state index is 13.8. The molecule has 0 bridgehead atoms. The van der Waals surface area contributed by atoms with Gasteiger partial charge in [-0.3, -0.25) is 9.13 Å². The van der Waals surface area contributed by atoms with Crippen molar-refractivity contribution in [3.8, 4) is 11.5 Å². The number of hydrogen-bond donors (Lipinski definition) is 0. The van der Waals surface area contributed by atoms with Gasteiger partial charge in [0.05, 0.1) is 43.8 Å². The van der Waals surface area contributed by atoms with Gasteiger partial charge in [0.15, 0.2) is 17.1 Å². The molecule has 0 saturated carbocycles. The van der Waals surface area contributed by atoms with Gasteiger partial charge in [0.2, 0.25) is 0 Å². The summed E-state index contributed by atoms with van der Waals surface area (Å²) in [5.74, 6) is -0.645. The number of imidazole rings is 1. The van der Waals surface area contributed by atoms with Crippen LogP contribution in [0.3, 0.4) is 0 Å². The summed E-state index contributed by atoms with van der Waals surface area (Å²) in [7, 11) is -2.22. The molecule has 0 aliphatic carbocycles. The molecule has 174 valence electrons. The zero-order valence-electron chi connectivity index (χ0n) is 17.6. The van der Waals surface area contributed by atoms with Gasteiger partial charge in [-0.05, 0) is 24.6 Å². The van der Waals surface area contributed by atoms with E-state index in [4.69, 9.17) is 9.47 Å². The zero-order chi connectivity index (χ0) is 23.6. The molecule has 12 heteroatoms. The average molecular weight is 473 g/mol. The van der Waals surface area contributed by atoms with E-state index in [1.54, 1.807) is 19.1 Å². The van der Waals surface area contributed by atoms with Gasteiger partial charge in [-0.25, -0.2) is 31.4 Å². The molecule has 32 heavy (non-hydrogen) atoms. The number of fused-ring (bicyclic) bond motifs is 1. The number of nitrogens with zero attached hydrogens (tertiary/aromatic N) is 3. The van der Waals surface area contributed by atoms with Crippen molar-refractivity contribution in [3.05, 3.63) is 52.3 Å². The van der Waals surface area contributed by atoms with Gasteiger partial charge in [-0.2, -0.15) is 0 Å². The third kappa shape index (κ3) is 4.90. The van der Waals surface area contributed by atoms with Crippen molar-refractivity contribution < 1.29 is 31.1 Å². The molecule has 0 amide bonds. The topological polar surface area (TPSA) is 92.4 Å². The molecule has 0 N–H and O–H groups in total. The number of benzene rings is 1. The molecule has 1 atom stereocenters. The molecule has 0 spiro atoms. The van der Waals surface area contributed by atoms with Crippen LogP contribution in [0.5, 0.6) is 11.5 Å². The monoisotopic (exact) mass is 473 g/mol. The molecular weight excluding hydrogens is 451 g/mol. The standard InChI is InChI=1S/C20H22F3N3O5S/c1-4-31-17-7-12(5-6-16(17)30-2)15(11-32(3,28)29)26-19-14(8-13(21)9-24-19)25(20(26)27)10-18(22)23/h5-9,15,18H,4,10-11H2,1-3H3/t15-/m1/s1. The number of aromatic nitrogens is 3. The minimum absolute atomic E-state index is 0.112. The summed E-state index contributed by atoms with van der Waals surface area (Å²) in [5, 5.41) is 0. The molecule has 0 saturated heterocycles. The second kappa shape index (κ2) is 9.23. The highest BCUT2D eigenvalue weighted by atomic mass is 32.2. The van der Waals surface area contributed by atoms with Gasteiger partial charge in [0, 0.05) is 12.3 Å². The summed E-state index contributed by atoms with van der Waals surface area (Å²) >= 11 is 0. The lowest BCUT2D eigenvalue weighted by molar-refractivity contribution is 0.126. The van der Waals surface area contributed by atoms with Crippen LogP contribution in [0.25, 0.3) is 11.2 Å². The minimum Gasteiger partial charge on any atom is -0.493 e. The van der Waals surface area contributed by atoms with Crippen LogP contribution in [-0.4, -0.2) is 54.7 Å². The summed E-state index contributed by atoms with van der Waals surface area (Å²) < 4.78 is 77.0. The molecule has 0 aliphatic heterocycles. The summed E-state index contributed by atoms with van der Waals surface area (Å²) in [6.07, 6.45) is -1.07. The van der Waals surface area contributed by atoms with Crippen LogP contribution in [0.15, 0.2) is 35.3 Å². The van der Waals surface area contributed by atoms with E-state index < -0.39 is 46.1 Å². The Morgan fingerprint density at radius 2 is 1.91 bits per heavy atom. The lowest BCUT2D eigenvalue weighted by Crippen LogP contribution is -2.32. The largest absolute Gasteiger partial charge is 0.493 e. The van der Waals surface area contributed by atoms with E-state index in [-0.39, 0.29) is 11.2 Å². The van der Waals surface area contributed by atoms with E-state index in [1.807, 2.05) is 0 Å². The van der Waals surface area contributed by atoms with E-state index in [2.05, 4.69) is 4.98 Å². The Balaban J connectivity index is 2.31. The fourth-order valence-electron chi connectivity index (χ4n) is 3.50. The van der Waals surface area contributed by atoms with Crippen molar-refractivity contribution in [2.45, 2.75) is 25.9 Å². The molecule has 1 aromatic carbocycles. The van der Waals surface area contributed by atoms with Gasteiger partial charge in [-0.1, -0.05) is 6.07 Å². The van der Waals surface area contributed by atoms with Crippen LogP contribution in [0, 0.1) is 5.82 Å². The maximum Gasteiger partial charge on any atom is 0.331 e. The van der Waals surface area contributed by atoms with Crippen molar-refractivity contribution >= 4 is 21.0 Å².